The molecule has 0 aliphatic heterocycles. The van der Waals surface area contributed by atoms with Gasteiger partial charge in [0.05, 0.1) is 5.41 Å². The molecule has 0 aliphatic rings. The van der Waals surface area contributed by atoms with Gasteiger partial charge in [-0.1, -0.05) is 0 Å². The molecule has 2 aromatic rings. The zero-order valence-corrected chi connectivity index (χ0v) is 12.7. The fraction of sp³-hybridized carbons (Fsp3) is 0.500. The lowest BCUT2D eigenvalue weighted by Crippen LogP contribution is -2.38. The summed E-state index contributed by atoms with van der Waals surface area (Å²) in [5, 5.41) is 2.70. The van der Waals surface area contributed by atoms with Gasteiger partial charge in [0, 0.05) is 32.1 Å². The molecule has 0 atom stereocenters. The van der Waals surface area contributed by atoms with Gasteiger partial charge in [0.1, 0.15) is 11.3 Å². The van der Waals surface area contributed by atoms with Gasteiger partial charge in [0.15, 0.2) is 5.65 Å². The summed E-state index contributed by atoms with van der Waals surface area (Å²) in [7, 11) is 1.65. The van der Waals surface area contributed by atoms with Gasteiger partial charge >= 0.3 is 0 Å². The van der Waals surface area contributed by atoms with Crippen molar-refractivity contribution in [1.82, 2.24) is 19.9 Å². The van der Waals surface area contributed by atoms with Gasteiger partial charge in [-0.2, -0.15) is 0 Å². The van der Waals surface area contributed by atoms with Gasteiger partial charge in [-0.05, 0) is 26.0 Å². The molecule has 1 N–H and O–H groups in total. The van der Waals surface area contributed by atoms with Crippen LogP contribution in [0.15, 0.2) is 18.3 Å². The van der Waals surface area contributed by atoms with Crippen molar-refractivity contribution in [1.29, 1.82) is 0 Å². The zero-order valence-electron chi connectivity index (χ0n) is 12.0. The third kappa shape index (κ3) is 2.77. The number of fused-ring (bicyclic) bond motifs is 1. The lowest BCUT2D eigenvalue weighted by Gasteiger charge is -2.24. The topological polar surface area (TPSA) is 59.8 Å². The van der Waals surface area contributed by atoms with Crippen LogP contribution in [0.4, 0.5) is 0 Å². The van der Waals surface area contributed by atoms with E-state index < -0.39 is 5.41 Å². The number of imidazole rings is 1. The van der Waals surface area contributed by atoms with Crippen molar-refractivity contribution in [2.45, 2.75) is 26.8 Å². The monoisotopic (exact) mass is 294 g/mol. The Hall–Kier alpha value is -1.62. The molecule has 0 bridgehead atoms. The van der Waals surface area contributed by atoms with Crippen LogP contribution in [0.5, 0.6) is 0 Å². The van der Waals surface area contributed by atoms with Gasteiger partial charge in [-0.3, -0.25) is 4.79 Å². The van der Waals surface area contributed by atoms with Crippen LogP contribution in [0.25, 0.3) is 11.2 Å². The molecular formula is C14H19ClN4O. The minimum atomic E-state index is -0.541. The molecule has 2 heterocycles. The quantitative estimate of drug-likeness (QED) is 0.858. The van der Waals surface area contributed by atoms with Crippen LogP contribution in [0.2, 0.25) is 0 Å². The van der Waals surface area contributed by atoms with E-state index in [0.29, 0.717) is 18.8 Å². The predicted octanol–water partition coefficient (Wildman–Crippen LogP) is 1.98. The number of rotatable bonds is 5. The number of amides is 1. The van der Waals surface area contributed by atoms with E-state index in [9.17, 15) is 4.79 Å². The smallest absolute Gasteiger partial charge is 0.227 e. The predicted molar refractivity (Wildman–Crippen MR) is 79.8 cm³/mol. The van der Waals surface area contributed by atoms with Crippen LogP contribution in [-0.2, 0) is 17.8 Å². The Bertz CT molecular complexity index is 621. The average Bonchev–Trinajstić information content (AvgIpc) is 2.76. The summed E-state index contributed by atoms with van der Waals surface area (Å²) in [6.45, 7) is 4.34. The fourth-order valence-corrected chi connectivity index (χ4v) is 2.42. The first kappa shape index (κ1) is 14.8. The minimum absolute atomic E-state index is 0.00731. The molecular weight excluding hydrogens is 276 g/mol. The SMILES string of the molecule is CNC(=O)C(C)(C)Cn1c(CCCl)nc2cccnc21. The van der Waals surface area contributed by atoms with E-state index in [1.807, 2.05) is 30.5 Å². The van der Waals surface area contributed by atoms with E-state index in [4.69, 9.17) is 11.6 Å². The number of hydrogen-bond donors (Lipinski definition) is 1. The van der Waals surface area contributed by atoms with E-state index >= 15 is 0 Å². The number of hydrogen-bond acceptors (Lipinski definition) is 3. The minimum Gasteiger partial charge on any atom is -0.359 e. The number of pyridine rings is 1. The van der Waals surface area contributed by atoms with Crippen LogP contribution < -0.4 is 5.32 Å². The molecule has 2 aromatic heterocycles. The molecule has 6 heteroatoms. The van der Waals surface area contributed by atoms with Gasteiger partial charge in [0.2, 0.25) is 5.91 Å². The van der Waals surface area contributed by atoms with Gasteiger partial charge in [-0.25, -0.2) is 9.97 Å². The summed E-state index contributed by atoms with van der Waals surface area (Å²) in [4.78, 5) is 20.9. The molecule has 0 radical (unpaired) electrons. The molecule has 0 saturated heterocycles. The van der Waals surface area contributed by atoms with Crippen molar-refractivity contribution in [2.75, 3.05) is 12.9 Å². The second-order valence-electron chi connectivity index (χ2n) is 5.36. The number of alkyl halides is 1. The first-order valence-corrected chi connectivity index (χ1v) is 7.11. The van der Waals surface area contributed by atoms with Crippen LogP contribution in [0.1, 0.15) is 19.7 Å². The van der Waals surface area contributed by atoms with Crippen molar-refractivity contribution in [3.05, 3.63) is 24.2 Å². The van der Waals surface area contributed by atoms with Gasteiger partial charge in [0.25, 0.3) is 0 Å². The number of nitrogens with one attached hydrogen (secondary N) is 1. The summed E-state index contributed by atoms with van der Waals surface area (Å²) in [5.74, 6) is 1.35. The molecule has 0 unspecified atom stereocenters. The number of aryl methyl sites for hydroxylation is 1. The summed E-state index contributed by atoms with van der Waals surface area (Å²) in [6.07, 6.45) is 2.39. The fourth-order valence-electron chi connectivity index (χ4n) is 2.25. The highest BCUT2D eigenvalue weighted by Crippen LogP contribution is 2.23. The second-order valence-corrected chi connectivity index (χ2v) is 5.74. The maximum atomic E-state index is 12.0. The molecule has 2 rings (SSSR count). The maximum Gasteiger partial charge on any atom is 0.227 e. The number of carbonyl (C=O) groups is 1. The van der Waals surface area contributed by atoms with E-state index in [1.165, 1.54) is 0 Å². The highest BCUT2D eigenvalue weighted by atomic mass is 35.5. The maximum absolute atomic E-state index is 12.0. The average molecular weight is 295 g/mol. The molecule has 1 amide bonds. The normalized spacial score (nSPS) is 11.8. The van der Waals surface area contributed by atoms with Crippen molar-refractivity contribution in [3.63, 3.8) is 0 Å². The summed E-state index contributed by atoms with van der Waals surface area (Å²) < 4.78 is 1.99. The van der Waals surface area contributed by atoms with Crippen LogP contribution in [0.3, 0.4) is 0 Å². The Kier molecular flexibility index (Phi) is 4.28. The lowest BCUT2D eigenvalue weighted by molar-refractivity contribution is -0.129. The van der Waals surface area contributed by atoms with E-state index in [-0.39, 0.29) is 5.91 Å². The Morgan fingerprint density at radius 1 is 1.50 bits per heavy atom. The number of carbonyl (C=O) groups excluding carboxylic acids is 1. The molecule has 108 valence electrons. The van der Waals surface area contributed by atoms with Crippen molar-refractivity contribution in [2.24, 2.45) is 5.41 Å². The van der Waals surface area contributed by atoms with E-state index in [0.717, 1.165) is 17.0 Å². The Morgan fingerprint density at radius 2 is 2.25 bits per heavy atom. The largest absolute Gasteiger partial charge is 0.359 e. The Balaban J connectivity index is 2.46. The number of nitrogens with zero attached hydrogens (tertiary/aromatic N) is 3. The number of aromatic nitrogens is 3. The Labute approximate surface area is 123 Å². The first-order chi connectivity index (χ1) is 9.49. The molecule has 0 fully saturated rings. The van der Waals surface area contributed by atoms with E-state index in [1.54, 1.807) is 13.2 Å². The third-order valence-electron chi connectivity index (χ3n) is 3.30. The molecule has 0 aromatic carbocycles. The standard InChI is InChI=1S/C14H19ClN4O/c1-14(2,13(20)16-3)9-19-11(6-7-15)18-10-5-4-8-17-12(10)19/h4-5,8H,6-7,9H2,1-3H3,(H,16,20). The molecule has 0 saturated carbocycles. The summed E-state index contributed by atoms with van der Waals surface area (Å²) in [6, 6.07) is 3.78. The van der Waals surface area contributed by atoms with E-state index in [2.05, 4.69) is 15.3 Å². The molecule has 0 aliphatic carbocycles. The van der Waals surface area contributed by atoms with Gasteiger partial charge in [-0.15, -0.1) is 11.6 Å². The lowest BCUT2D eigenvalue weighted by atomic mass is 9.92. The summed E-state index contributed by atoms with van der Waals surface area (Å²) >= 11 is 5.84. The molecule has 5 nitrogen and oxygen atoms in total. The van der Waals surface area contributed by atoms with Crippen molar-refractivity contribution < 1.29 is 4.79 Å². The zero-order chi connectivity index (χ0) is 14.8. The molecule has 20 heavy (non-hydrogen) atoms. The molecule has 0 spiro atoms. The van der Waals surface area contributed by atoms with Crippen LogP contribution in [0, 0.1) is 5.41 Å². The highest BCUT2D eigenvalue weighted by molar-refractivity contribution is 6.17. The van der Waals surface area contributed by atoms with Crippen molar-refractivity contribution in [3.8, 4) is 0 Å². The first-order valence-electron chi connectivity index (χ1n) is 6.58. The van der Waals surface area contributed by atoms with Gasteiger partial charge < -0.3 is 9.88 Å². The highest BCUT2D eigenvalue weighted by Gasteiger charge is 2.29. The summed E-state index contributed by atoms with van der Waals surface area (Å²) in [5.41, 5.74) is 1.09. The van der Waals surface area contributed by atoms with Crippen LogP contribution in [-0.4, -0.2) is 33.4 Å². The number of halogens is 1. The second kappa shape index (κ2) is 5.79. The Morgan fingerprint density at radius 3 is 2.90 bits per heavy atom. The van der Waals surface area contributed by atoms with Crippen LogP contribution >= 0.6 is 11.6 Å². The third-order valence-corrected chi connectivity index (χ3v) is 3.49. The van der Waals surface area contributed by atoms with Crippen molar-refractivity contribution >= 4 is 28.7 Å².